The van der Waals surface area contributed by atoms with E-state index in [1.807, 2.05) is 31.2 Å². The molecule has 2 aromatic rings. The number of anilines is 1. The summed E-state index contributed by atoms with van der Waals surface area (Å²) in [5.41, 5.74) is 1.01. The zero-order chi connectivity index (χ0) is 20.9. The molecule has 2 rings (SSSR count). The van der Waals surface area contributed by atoms with Crippen molar-refractivity contribution in [2.45, 2.75) is 26.4 Å². The Kier molecular flexibility index (Phi) is 7.57. The molecule has 0 saturated heterocycles. The molecule has 0 radical (unpaired) electrons. The first-order valence-electron chi connectivity index (χ1n) is 8.57. The third-order valence-corrected chi connectivity index (χ3v) is 5.72. The lowest BCUT2D eigenvalue weighted by molar-refractivity contribution is -0.122. The van der Waals surface area contributed by atoms with Crippen molar-refractivity contribution in [3.8, 4) is 5.75 Å². The lowest BCUT2D eigenvalue weighted by Gasteiger charge is -2.29. The standard InChI is InChI=1S/C19H22Cl2N2O4S/c1-4-27-16-8-5-14(6-9-16)12-22-19(24)13(2)23(28(3,25)26)18-11-15(20)7-10-17(18)21/h5-11,13H,4,12H2,1-3H3,(H,22,24). The van der Waals surface area contributed by atoms with Crippen LogP contribution in [-0.4, -0.2) is 33.2 Å². The van der Waals surface area contributed by atoms with Crippen LogP contribution in [0.2, 0.25) is 10.0 Å². The van der Waals surface area contributed by atoms with Crippen molar-refractivity contribution >= 4 is 44.8 Å². The zero-order valence-electron chi connectivity index (χ0n) is 15.8. The molecule has 0 saturated carbocycles. The van der Waals surface area contributed by atoms with Crippen molar-refractivity contribution in [1.82, 2.24) is 5.32 Å². The Morgan fingerprint density at radius 3 is 2.39 bits per heavy atom. The molecule has 0 spiro atoms. The molecule has 1 atom stereocenters. The molecule has 0 aromatic heterocycles. The maximum Gasteiger partial charge on any atom is 0.243 e. The van der Waals surface area contributed by atoms with Gasteiger partial charge in [-0.1, -0.05) is 35.3 Å². The van der Waals surface area contributed by atoms with Crippen LogP contribution in [0, 0.1) is 0 Å². The highest BCUT2D eigenvalue weighted by Gasteiger charge is 2.30. The molecule has 1 amide bonds. The van der Waals surface area contributed by atoms with E-state index in [1.54, 1.807) is 6.07 Å². The number of hydrogen-bond donors (Lipinski definition) is 1. The second-order valence-corrected chi connectivity index (χ2v) is 8.83. The van der Waals surface area contributed by atoms with Gasteiger partial charge in [0.1, 0.15) is 11.8 Å². The molecule has 9 heteroatoms. The number of ether oxygens (including phenoxy) is 1. The summed E-state index contributed by atoms with van der Waals surface area (Å²) < 4.78 is 31.0. The van der Waals surface area contributed by atoms with Gasteiger partial charge in [0.25, 0.3) is 0 Å². The highest BCUT2D eigenvalue weighted by molar-refractivity contribution is 7.92. The van der Waals surface area contributed by atoms with Gasteiger partial charge < -0.3 is 10.1 Å². The summed E-state index contributed by atoms with van der Waals surface area (Å²) in [6.45, 7) is 4.21. The Morgan fingerprint density at radius 1 is 1.18 bits per heavy atom. The number of carbonyl (C=O) groups excluding carboxylic acids is 1. The first-order chi connectivity index (χ1) is 13.1. The molecule has 152 valence electrons. The van der Waals surface area contributed by atoms with E-state index in [2.05, 4.69) is 5.32 Å². The molecular weight excluding hydrogens is 423 g/mol. The van der Waals surface area contributed by atoms with E-state index in [-0.39, 0.29) is 17.3 Å². The molecule has 0 aliphatic carbocycles. The van der Waals surface area contributed by atoms with Crippen molar-refractivity contribution in [3.63, 3.8) is 0 Å². The number of benzene rings is 2. The van der Waals surface area contributed by atoms with Crippen LogP contribution in [0.15, 0.2) is 42.5 Å². The Balaban J connectivity index is 2.16. The summed E-state index contributed by atoms with van der Waals surface area (Å²) in [5.74, 6) is 0.278. The predicted molar refractivity (Wildman–Crippen MR) is 113 cm³/mol. The Morgan fingerprint density at radius 2 is 1.82 bits per heavy atom. The first kappa shape index (κ1) is 22.3. The van der Waals surface area contributed by atoms with Gasteiger partial charge >= 0.3 is 0 Å². The Hall–Kier alpha value is -1.96. The van der Waals surface area contributed by atoms with Gasteiger partial charge in [-0.25, -0.2) is 8.42 Å². The normalized spacial score (nSPS) is 12.3. The fourth-order valence-electron chi connectivity index (χ4n) is 2.64. The molecule has 6 nitrogen and oxygen atoms in total. The van der Waals surface area contributed by atoms with E-state index in [1.165, 1.54) is 19.1 Å². The van der Waals surface area contributed by atoms with Crippen LogP contribution in [0.3, 0.4) is 0 Å². The first-order valence-corrected chi connectivity index (χ1v) is 11.2. The molecule has 2 aromatic carbocycles. The summed E-state index contributed by atoms with van der Waals surface area (Å²) >= 11 is 12.1. The summed E-state index contributed by atoms with van der Waals surface area (Å²) in [7, 11) is -3.78. The Labute approximate surface area is 175 Å². The minimum absolute atomic E-state index is 0.153. The Bertz CT molecular complexity index is 933. The van der Waals surface area contributed by atoms with Gasteiger partial charge in [-0.3, -0.25) is 9.10 Å². The highest BCUT2D eigenvalue weighted by Crippen LogP contribution is 2.32. The summed E-state index contributed by atoms with van der Waals surface area (Å²) in [5, 5.41) is 3.24. The van der Waals surface area contributed by atoms with Gasteiger partial charge in [0.05, 0.1) is 23.6 Å². The molecule has 0 heterocycles. The van der Waals surface area contributed by atoms with E-state index in [0.29, 0.717) is 11.6 Å². The van der Waals surface area contributed by atoms with Crippen LogP contribution < -0.4 is 14.4 Å². The van der Waals surface area contributed by atoms with E-state index >= 15 is 0 Å². The monoisotopic (exact) mass is 444 g/mol. The van der Waals surface area contributed by atoms with E-state index < -0.39 is 22.0 Å². The number of amides is 1. The predicted octanol–water partition coefficient (Wildman–Crippen LogP) is 3.86. The van der Waals surface area contributed by atoms with Crippen LogP contribution in [0.4, 0.5) is 5.69 Å². The molecular formula is C19H22Cl2N2O4S. The van der Waals surface area contributed by atoms with Crippen LogP contribution in [0.5, 0.6) is 5.75 Å². The summed E-state index contributed by atoms with van der Waals surface area (Å²) in [6.07, 6.45) is 1.01. The molecule has 0 fully saturated rings. The molecule has 28 heavy (non-hydrogen) atoms. The van der Waals surface area contributed by atoms with Gasteiger partial charge in [0.2, 0.25) is 15.9 Å². The molecule has 1 unspecified atom stereocenters. The molecule has 0 aliphatic heterocycles. The minimum atomic E-state index is -3.78. The number of rotatable bonds is 8. The van der Waals surface area contributed by atoms with Crippen LogP contribution >= 0.6 is 23.2 Å². The summed E-state index contributed by atoms with van der Waals surface area (Å²) in [6, 6.07) is 10.7. The number of nitrogens with one attached hydrogen (secondary N) is 1. The lowest BCUT2D eigenvalue weighted by atomic mass is 10.2. The largest absolute Gasteiger partial charge is 0.494 e. The van der Waals surface area contributed by atoms with Crippen molar-refractivity contribution < 1.29 is 17.9 Å². The molecule has 1 N–H and O–H groups in total. The SMILES string of the molecule is CCOc1ccc(CNC(=O)C(C)N(c2cc(Cl)ccc2Cl)S(C)(=O)=O)cc1. The van der Waals surface area contributed by atoms with Crippen LogP contribution in [0.25, 0.3) is 0 Å². The quantitative estimate of drug-likeness (QED) is 0.670. The number of carbonyl (C=O) groups is 1. The molecule has 0 bridgehead atoms. The zero-order valence-corrected chi connectivity index (χ0v) is 18.1. The fourth-order valence-corrected chi connectivity index (χ4v) is 4.25. The number of halogens is 2. The van der Waals surface area contributed by atoms with Crippen molar-refractivity contribution in [1.29, 1.82) is 0 Å². The van der Waals surface area contributed by atoms with Crippen molar-refractivity contribution in [2.75, 3.05) is 17.2 Å². The maximum atomic E-state index is 12.6. The topological polar surface area (TPSA) is 75.7 Å². The van der Waals surface area contributed by atoms with Crippen LogP contribution in [-0.2, 0) is 21.4 Å². The van der Waals surface area contributed by atoms with Crippen molar-refractivity contribution in [2.24, 2.45) is 0 Å². The maximum absolute atomic E-state index is 12.6. The van der Waals surface area contributed by atoms with Gasteiger partial charge in [0, 0.05) is 11.6 Å². The van der Waals surface area contributed by atoms with Crippen LogP contribution in [0.1, 0.15) is 19.4 Å². The van der Waals surface area contributed by atoms with Crippen molar-refractivity contribution in [3.05, 3.63) is 58.1 Å². The third kappa shape index (κ3) is 5.77. The smallest absolute Gasteiger partial charge is 0.243 e. The third-order valence-electron chi connectivity index (χ3n) is 3.94. The number of sulfonamides is 1. The highest BCUT2D eigenvalue weighted by atomic mass is 35.5. The minimum Gasteiger partial charge on any atom is -0.494 e. The van der Waals surface area contributed by atoms with Gasteiger partial charge in [-0.05, 0) is 49.7 Å². The second kappa shape index (κ2) is 9.49. The fraction of sp³-hybridized carbons (Fsp3) is 0.316. The van der Waals surface area contributed by atoms with E-state index in [4.69, 9.17) is 27.9 Å². The molecule has 0 aliphatic rings. The summed E-state index contributed by atoms with van der Waals surface area (Å²) in [4.78, 5) is 12.6. The second-order valence-electron chi connectivity index (χ2n) is 6.13. The number of nitrogens with zero attached hydrogens (tertiary/aromatic N) is 1. The van der Waals surface area contributed by atoms with Gasteiger partial charge in [-0.15, -0.1) is 0 Å². The average Bonchev–Trinajstić information content (AvgIpc) is 2.63. The van der Waals surface area contributed by atoms with Gasteiger partial charge in [-0.2, -0.15) is 0 Å². The van der Waals surface area contributed by atoms with E-state index in [0.717, 1.165) is 21.9 Å². The number of hydrogen-bond acceptors (Lipinski definition) is 4. The van der Waals surface area contributed by atoms with Gasteiger partial charge in [0.15, 0.2) is 0 Å². The lowest BCUT2D eigenvalue weighted by Crippen LogP contribution is -2.47. The average molecular weight is 445 g/mol. The van der Waals surface area contributed by atoms with E-state index in [9.17, 15) is 13.2 Å².